The van der Waals surface area contributed by atoms with E-state index in [9.17, 15) is 4.79 Å². The molecule has 2 N–H and O–H groups in total. The maximum Gasteiger partial charge on any atom is 0.242 e. The molecule has 1 fully saturated rings. The molecule has 1 saturated carbocycles. The van der Waals surface area contributed by atoms with Crippen LogP contribution in [0, 0.1) is 13.8 Å². The minimum absolute atomic E-state index is 0.00445. The Balaban J connectivity index is 2.00. The van der Waals surface area contributed by atoms with Gasteiger partial charge in [-0.2, -0.15) is 5.10 Å². The fourth-order valence-corrected chi connectivity index (χ4v) is 2.27. The Labute approximate surface area is 121 Å². The van der Waals surface area contributed by atoms with Crippen molar-refractivity contribution < 1.29 is 4.79 Å². The van der Waals surface area contributed by atoms with Crippen molar-refractivity contribution in [2.24, 2.45) is 0 Å². The summed E-state index contributed by atoms with van der Waals surface area (Å²) in [6, 6.07) is 0.682. The standard InChI is InChI=1S/C15H26N4O/c1-10-13(8-16-12-6-7-12)11(2)19(18-10)9-14(20)17-15(3,4)5/h12,16H,6-9H2,1-5H3,(H,17,20). The van der Waals surface area contributed by atoms with Gasteiger partial charge < -0.3 is 10.6 Å². The number of amides is 1. The molecule has 1 heterocycles. The number of hydrogen-bond acceptors (Lipinski definition) is 3. The average Bonchev–Trinajstić information content (AvgIpc) is 3.05. The largest absolute Gasteiger partial charge is 0.350 e. The number of carbonyl (C=O) groups is 1. The predicted molar refractivity (Wildman–Crippen MR) is 79.5 cm³/mol. The van der Waals surface area contributed by atoms with E-state index in [0.717, 1.165) is 17.9 Å². The average molecular weight is 278 g/mol. The molecule has 5 heteroatoms. The summed E-state index contributed by atoms with van der Waals surface area (Å²) >= 11 is 0. The van der Waals surface area contributed by atoms with Crippen molar-refractivity contribution in [2.75, 3.05) is 0 Å². The molecule has 5 nitrogen and oxygen atoms in total. The highest BCUT2D eigenvalue weighted by atomic mass is 16.2. The molecule has 112 valence electrons. The van der Waals surface area contributed by atoms with E-state index < -0.39 is 0 Å². The molecule has 0 radical (unpaired) electrons. The molecule has 0 aromatic carbocycles. The number of hydrogen-bond donors (Lipinski definition) is 2. The minimum atomic E-state index is -0.205. The summed E-state index contributed by atoms with van der Waals surface area (Å²) in [7, 11) is 0. The Morgan fingerprint density at radius 1 is 1.35 bits per heavy atom. The lowest BCUT2D eigenvalue weighted by Crippen LogP contribution is -2.42. The van der Waals surface area contributed by atoms with Gasteiger partial charge in [0.25, 0.3) is 0 Å². The second kappa shape index (κ2) is 5.56. The van der Waals surface area contributed by atoms with Gasteiger partial charge in [-0.3, -0.25) is 9.48 Å². The molecule has 1 aromatic heterocycles. The molecule has 0 bridgehead atoms. The highest BCUT2D eigenvalue weighted by Gasteiger charge is 2.22. The van der Waals surface area contributed by atoms with Gasteiger partial charge in [-0.05, 0) is 47.5 Å². The fourth-order valence-electron chi connectivity index (χ4n) is 2.27. The van der Waals surface area contributed by atoms with Crippen LogP contribution in [0.25, 0.3) is 0 Å². The molecule has 0 aliphatic heterocycles. The third-order valence-corrected chi connectivity index (χ3v) is 3.48. The van der Waals surface area contributed by atoms with Crippen LogP contribution in [0.3, 0.4) is 0 Å². The Hall–Kier alpha value is -1.36. The Morgan fingerprint density at radius 3 is 2.55 bits per heavy atom. The molecule has 0 unspecified atom stereocenters. The highest BCUT2D eigenvalue weighted by Crippen LogP contribution is 2.21. The number of aromatic nitrogens is 2. The van der Waals surface area contributed by atoms with E-state index in [2.05, 4.69) is 15.7 Å². The third-order valence-electron chi connectivity index (χ3n) is 3.48. The zero-order chi connectivity index (χ0) is 14.9. The van der Waals surface area contributed by atoms with E-state index in [1.807, 2.05) is 34.6 Å². The molecule has 20 heavy (non-hydrogen) atoms. The van der Waals surface area contributed by atoms with Crippen molar-refractivity contribution in [3.8, 4) is 0 Å². The predicted octanol–water partition coefficient (Wildman–Crippen LogP) is 1.67. The maximum atomic E-state index is 12.0. The van der Waals surface area contributed by atoms with Crippen LogP contribution in [0.4, 0.5) is 0 Å². The number of rotatable bonds is 5. The number of nitrogens with zero attached hydrogens (tertiary/aromatic N) is 2. The lowest BCUT2D eigenvalue weighted by atomic mass is 10.1. The number of carbonyl (C=O) groups excluding carboxylic acids is 1. The zero-order valence-corrected chi connectivity index (χ0v) is 13.2. The molecule has 0 saturated heterocycles. The molecule has 0 atom stereocenters. The van der Waals surface area contributed by atoms with E-state index in [1.165, 1.54) is 18.4 Å². The first-order chi connectivity index (χ1) is 9.26. The summed E-state index contributed by atoms with van der Waals surface area (Å²) in [6.07, 6.45) is 2.56. The van der Waals surface area contributed by atoms with Gasteiger partial charge in [0, 0.05) is 29.4 Å². The fraction of sp³-hybridized carbons (Fsp3) is 0.733. The van der Waals surface area contributed by atoms with Gasteiger partial charge in [0.1, 0.15) is 6.54 Å². The first-order valence-electron chi connectivity index (χ1n) is 7.33. The second-order valence-corrected chi connectivity index (χ2v) is 6.76. The van der Waals surface area contributed by atoms with Gasteiger partial charge in [0.2, 0.25) is 5.91 Å². The lowest BCUT2D eigenvalue weighted by molar-refractivity contribution is -0.123. The van der Waals surface area contributed by atoms with E-state index >= 15 is 0 Å². The van der Waals surface area contributed by atoms with Gasteiger partial charge in [-0.1, -0.05) is 0 Å². The van der Waals surface area contributed by atoms with Gasteiger partial charge in [0.15, 0.2) is 0 Å². The quantitative estimate of drug-likeness (QED) is 0.861. The molecular weight excluding hydrogens is 252 g/mol. The number of nitrogens with one attached hydrogen (secondary N) is 2. The maximum absolute atomic E-state index is 12.0. The van der Waals surface area contributed by atoms with Crippen LogP contribution in [0.15, 0.2) is 0 Å². The van der Waals surface area contributed by atoms with Crippen LogP contribution in [0.1, 0.15) is 50.6 Å². The molecule has 1 aromatic rings. The van der Waals surface area contributed by atoms with Gasteiger partial charge in [0.05, 0.1) is 5.69 Å². The molecule has 1 amide bonds. The molecule has 1 aliphatic rings. The van der Waals surface area contributed by atoms with E-state index in [4.69, 9.17) is 0 Å². The monoisotopic (exact) mass is 278 g/mol. The molecule has 2 rings (SSSR count). The second-order valence-electron chi connectivity index (χ2n) is 6.76. The Kier molecular flexibility index (Phi) is 4.18. The first kappa shape index (κ1) is 15.0. The van der Waals surface area contributed by atoms with Crippen molar-refractivity contribution in [2.45, 2.75) is 72.1 Å². The van der Waals surface area contributed by atoms with Crippen LogP contribution in [0.2, 0.25) is 0 Å². The van der Waals surface area contributed by atoms with Crippen molar-refractivity contribution in [1.29, 1.82) is 0 Å². The first-order valence-corrected chi connectivity index (χ1v) is 7.33. The third kappa shape index (κ3) is 4.07. The molecule has 1 aliphatic carbocycles. The summed E-state index contributed by atoms with van der Waals surface area (Å²) in [5.74, 6) is 0.00445. The van der Waals surface area contributed by atoms with Crippen molar-refractivity contribution >= 4 is 5.91 Å². The summed E-state index contributed by atoms with van der Waals surface area (Å²) < 4.78 is 1.81. The summed E-state index contributed by atoms with van der Waals surface area (Å²) in [6.45, 7) is 11.1. The van der Waals surface area contributed by atoms with Gasteiger partial charge in [-0.25, -0.2) is 0 Å². The van der Waals surface area contributed by atoms with E-state index in [1.54, 1.807) is 4.68 Å². The van der Waals surface area contributed by atoms with Crippen molar-refractivity contribution in [3.05, 3.63) is 17.0 Å². The van der Waals surface area contributed by atoms with Crippen LogP contribution in [0.5, 0.6) is 0 Å². The molecular formula is C15H26N4O. The van der Waals surface area contributed by atoms with Gasteiger partial charge >= 0.3 is 0 Å². The van der Waals surface area contributed by atoms with Crippen LogP contribution in [-0.2, 0) is 17.9 Å². The Morgan fingerprint density at radius 2 is 2.00 bits per heavy atom. The van der Waals surface area contributed by atoms with Crippen molar-refractivity contribution in [3.63, 3.8) is 0 Å². The summed E-state index contributed by atoms with van der Waals surface area (Å²) in [4.78, 5) is 12.0. The minimum Gasteiger partial charge on any atom is -0.350 e. The summed E-state index contributed by atoms with van der Waals surface area (Å²) in [5, 5.41) is 11.0. The normalized spacial score (nSPS) is 15.4. The van der Waals surface area contributed by atoms with Crippen LogP contribution >= 0.6 is 0 Å². The Bertz CT molecular complexity index is 495. The lowest BCUT2D eigenvalue weighted by Gasteiger charge is -2.20. The number of aryl methyl sites for hydroxylation is 1. The molecule has 0 spiro atoms. The summed E-state index contributed by atoms with van der Waals surface area (Å²) in [5.41, 5.74) is 3.11. The van der Waals surface area contributed by atoms with E-state index in [-0.39, 0.29) is 18.0 Å². The van der Waals surface area contributed by atoms with Gasteiger partial charge in [-0.15, -0.1) is 0 Å². The van der Waals surface area contributed by atoms with Crippen LogP contribution < -0.4 is 10.6 Å². The smallest absolute Gasteiger partial charge is 0.242 e. The highest BCUT2D eigenvalue weighted by molar-refractivity contribution is 5.76. The van der Waals surface area contributed by atoms with Crippen molar-refractivity contribution in [1.82, 2.24) is 20.4 Å². The topological polar surface area (TPSA) is 59.0 Å². The van der Waals surface area contributed by atoms with E-state index in [0.29, 0.717) is 6.04 Å². The van der Waals surface area contributed by atoms with Crippen LogP contribution in [-0.4, -0.2) is 27.3 Å². The zero-order valence-electron chi connectivity index (χ0n) is 13.2. The SMILES string of the molecule is Cc1nn(CC(=O)NC(C)(C)C)c(C)c1CNC1CC1.